The first-order chi connectivity index (χ1) is 10.2. The van der Waals surface area contributed by atoms with Gasteiger partial charge in [-0.3, -0.25) is 0 Å². The third-order valence-corrected chi connectivity index (χ3v) is 3.06. The number of rotatable bonds is 4. The molecule has 0 aromatic heterocycles. The highest BCUT2D eigenvalue weighted by Gasteiger charge is 2.33. The molecule has 128 valence electrons. The molecule has 1 fully saturated rings. The van der Waals surface area contributed by atoms with Crippen molar-refractivity contribution in [1.82, 2.24) is 0 Å². The van der Waals surface area contributed by atoms with Gasteiger partial charge in [0.05, 0.1) is 6.61 Å². The quantitative estimate of drug-likeness (QED) is 0.728. The van der Waals surface area contributed by atoms with Crippen molar-refractivity contribution in [3.8, 4) is 0 Å². The van der Waals surface area contributed by atoms with E-state index >= 15 is 0 Å². The summed E-state index contributed by atoms with van der Waals surface area (Å²) in [5.74, 6) is 0.243. The van der Waals surface area contributed by atoms with Gasteiger partial charge in [0, 0.05) is 0 Å². The van der Waals surface area contributed by atoms with E-state index in [4.69, 9.17) is 18.9 Å². The van der Waals surface area contributed by atoms with Crippen molar-refractivity contribution in [2.75, 3.05) is 6.61 Å². The van der Waals surface area contributed by atoms with Crippen LogP contribution in [-0.4, -0.2) is 36.7 Å². The fourth-order valence-corrected chi connectivity index (χ4v) is 2.12. The lowest BCUT2D eigenvalue weighted by Gasteiger charge is -2.31. The van der Waals surface area contributed by atoms with Gasteiger partial charge in [-0.25, -0.2) is 9.59 Å². The number of carbonyl (C=O) groups excluding carboxylic acids is 2. The van der Waals surface area contributed by atoms with Crippen LogP contribution in [0.1, 0.15) is 60.3 Å². The van der Waals surface area contributed by atoms with Crippen LogP contribution in [-0.2, 0) is 18.9 Å². The molecular formula is C16H28O6. The van der Waals surface area contributed by atoms with Crippen molar-refractivity contribution in [3.63, 3.8) is 0 Å². The van der Waals surface area contributed by atoms with Gasteiger partial charge in [-0.2, -0.15) is 0 Å². The molecule has 6 nitrogen and oxygen atoms in total. The molecule has 0 saturated heterocycles. The lowest BCUT2D eigenvalue weighted by atomic mass is 9.95. The average Bonchev–Trinajstić information content (AvgIpc) is 2.36. The van der Waals surface area contributed by atoms with Gasteiger partial charge in [0.1, 0.15) is 17.8 Å². The molecule has 22 heavy (non-hydrogen) atoms. The van der Waals surface area contributed by atoms with Gasteiger partial charge < -0.3 is 18.9 Å². The summed E-state index contributed by atoms with van der Waals surface area (Å²) in [7, 11) is 0. The Kier molecular flexibility index (Phi) is 6.97. The Morgan fingerprint density at radius 2 is 1.50 bits per heavy atom. The van der Waals surface area contributed by atoms with E-state index in [1.54, 1.807) is 20.8 Å². The molecule has 1 aliphatic rings. The number of hydrogen-bond acceptors (Lipinski definition) is 6. The highest BCUT2D eigenvalue weighted by molar-refractivity contribution is 5.61. The van der Waals surface area contributed by atoms with E-state index < -0.39 is 30.1 Å². The minimum absolute atomic E-state index is 0.243. The summed E-state index contributed by atoms with van der Waals surface area (Å²) in [6, 6.07) is 0. The summed E-state index contributed by atoms with van der Waals surface area (Å²) in [4.78, 5) is 23.4. The maximum Gasteiger partial charge on any atom is 0.509 e. The van der Waals surface area contributed by atoms with Gasteiger partial charge in [0.25, 0.3) is 0 Å². The van der Waals surface area contributed by atoms with E-state index in [9.17, 15) is 9.59 Å². The van der Waals surface area contributed by atoms with Gasteiger partial charge in [-0.05, 0) is 52.4 Å². The molecule has 0 aromatic rings. The van der Waals surface area contributed by atoms with E-state index in [0.29, 0.717) is 19.4 Å². The Balaban J connectivity index is 2.49. The molecule has 0 aromatic carbocycles. The van der Waals surface area contributed by atoms with Crippen LogP contribution in [0.25, 0.3) is 0 Å². The third-order valence-electron chi connectivity index (χ3n) is 3.06. The van der Waals surface area contributed by atoms with Crippen LogP contribution in [0.3, 0.4) is 0 Å². The zero-order valence-corrected chi connectivity index (χ0v) is 14.2. The van der Waals surface area contributed by atoms with Crippen molar-refractivity contribution in [2.45, 2.75) is 78.1 Å². The summed E-state index contributed by atoms with van der Waals surface area (Å²) < 4.78 is 20.8. The summed E-state index contributed by atoms with van der Waals surface area (Å²) >= 11 is 0. The Hall–Kier alpha value is -1.46. The summed E-state index contributed by atoms with van der Waals surface area (Å²) in [6.45, 7) is 9.51. The van der Waals surface area contributed by atoms with Crippen LogP contribution in [0.15, 0.2) is 0 Å². The Bertz CT molecular complexity index is 371. The van der Waals surface area contributed by atoms with Crippen molar-refractivity contribution in [3.05, 3.63) is 0 Å². The minimum Gasteiger partial charge on any atom is -0.434 e. The monoisotopic (exact) mass is 316 g/mol. The van der Waals surface area contributed by atoms with Crippen LogP contribution in [0, 0.1) is 5.92 Å². The first-order valence-corrected chi connectivity index (χ1v) is 7.90. The largest absolute Gasteiger partial charge is 0.509 e. The summed E-state index contributed by atoms with van der Waals surface area (Å²) in [5, 5.41) is 0. The van der Waals surface area contributed by atoms with Crippen LogP contribution >= 0.6 is 0 Å². The van der Waals surface area contributed by atoms with Crippen LogP contribution in [0.2, 0.25) is 0 Å². The van der Waals surface area contributed by atoms with Gasteiger partial charge >= 0.3 is 12.3 Å². The predicted octanol–water partition coefficient (Wildman–Crippen LogP) is 4.06. The van der Waals surface area contributed by atoms with Crippen molar-refractivity contribution < 1.29 is 28.5 Å². The molecule has 0 amide bonds. The summed E-state index contributed by atoms with van der Waals surface area (Å²) in [5.41, 5.74) is -0.613. The lowest BCUT2D eigenvalue weighted by Crippen LogP contribution is -2.39. The van der Waals surface area contributed by atoms with E-state index in [1.165, 1.54) is 0 Å². The predicted molar refractivity (Wildman–Crippen MR) is 80.6 cm³/mol. The topological polar surface area (TPSA) is 71.1 Å². The van der Waals surface area contributed by atoms with Gasteiger partial charge in [-0.1, -0.05) is 13.8 Å². The van der Waals surface area contributed by atoms with E-state index in [2.05, 4.69) is 0 Å². The second-order valence-corrected chi connectivity index (χ2v) is 7.02. The fourth-order valence-electron chi connectivity index (χ4n) is 2.12. The molecule has 0 bridgehead atoms. The first kappa shape index (κ1) is 18.6. The Labute approximate surface area is 132 Å². The molecule has 0 spiro atoms. The molecule has 1 rings (SSSR count). The smallest absolute Gasteiger partial charge is 0.434 e. The fraction of sp³-hybridized carbons (Fsp3) is 0.875. The van der Waals surface area contributed by atoms with E-state index in [0.717, 1.165) is 12.8 Å². The minimum atomic E-state index is -0.733. The molecular weight excluding hydrogens is 288 g/mol. The molecule has 1 saturated carbocycles. The molecule has 6 heteroatoms. The second-order valence-electron chi connectivity index (χ2n) is 7.02. The van der Waals surface area contributed by atoms with Gasteiger partial charge in [0.15, 0.2) is 0 Å². The Morgan fingerprint density at radius 3 is 1.95 bits per heavy atom. The molecule has 2 atom stereocenters. The Morgan fingerprint density at radius 1 is 1.00 bits per heavy atom. The van der Waals surface area contributed by atoms with Crippen molar-refractivity contribution >= 4 is 12.3 Å². The lowest BCUT2D eigenvalue weighted by molar-refractivity contribution is -0.0860. The third kappa shape index (κ3) is 7.52. The molecule has 0 radical (unpaired) electrons. The number of hydrogen-bond donors (Lipinski definition) is 0. The van der Waals surface area contributed by atoms with Crippen molar-refractivity contribution in [1.29, 1.82) is 0 Å². The molecule has 0 heterocycles. The zero-order chi connectivity index (χ0) is 16.8. The standard InChI is InChI=1S/C16H28O6/c1-11(2)10-19-14(17)20-12-8-6-7-9-13(12)21-15(18)22-16(3,4)5/h11-13H,6-10H2,1-5H3. The van der Waals surface area contributed by atoms with Crippen LogP contribution < -0.4 is 0 Å². The van der Waals surface area contributed by atoms with E-state index in [-0.39, 0.29) is 5.92 Å². The molecule has 1 aliphatic carbocycles. The summed E-state index contributed by atoms with van der Waals surface area (Å²) in [6.07, 6.45) is 0.772. The maximum absolute atomic E-state index is 11.8. The van der Waals surface area contributed by atoms with E-state index in [1.807, 2.05) is 13.8 Å². The first-order valence-electron chi connectivity index (χ1n) is 7.90. The molecule has 0 N–H and O–H groups in total. The highest BCUT2D eigenvalue weighted by Crippen LogP contribution is 2.25. The van der Waals surface area contributed by atoms with Crippen LogP contribution in [0.5, 0.6) is 0 Å². The second kappa shape index (κ2) is 8.25. The molecule has 2 unspecified atom stereocenters. The SMILES string of the molecule is CC(C)COC(=O)OC1CCCCC1OC(=O)OC(C)(C)C. The number of ether oxygens (including phenoxy) is 4. The highest BCUT2D eigenvalue weighted by atomic mass is 16.8. The maximum atomic E-state index is 11.8. The van der Waals surface area contributed by atoms with Crippen LogP contribution in [0.4, 0.5) is 9.59 Å². The average molecular weight is 316 g/mol. The number of carbonyl (C=O) groups is 2. The normalized spacial score (nSPS) is 22.1. The van der Waals surface area contributed by atoms with Crippen molar-refractivity contribution in [2.24, 2.45) is 5.92 Å². The van der Waals surface area contributed by atoms with Gasteiger partial charge in [0.2, 0.25) is 0 Å². The molecule has 0 aliphatic heterocycles. The zero-order valence-electron chi connectivity index (χ0n) is 14.2. The van der Waals surface area contributed by atoms with Gasteiger partial charge in [-0.15, -0.1) is 0 Å².